The van der Waals surface area contributed by atoms with Crippen molar-refractivity contribution < 1.29 is 14.4 Å². The van der Waals surface area contributed by atoms with E-state index < -0.39 is 0 Å². The van der Waals surface area contributed by atoms with Crippen molar-refractivity contribution in [1.82, 2.24) is 25.3 Å². The summed E-state index contributed by atoms with van der Waals surface area (Å²) in [4.78, 5) is 20.2. The Bertz CT molecular complexity index is 719. The highest BCUT2D eigenvalue weighted by molar-refractivity contribution is 5.73. The van der Waals surface area contributed by atoms with Crippen LogP contribution in [0.2, 0.25) is 0 Å². The van der Waals surface area contributed by atoms with Crippen molar-refractivity contribution in [1.29, 1.82) is 0 Å². The van der Waals surface area contributed by atoms with Crippen LogP contribution in [0.5, 0.6) is 0 Å². The monoisotopic (exact) mass is 373 g/mol. The molecule has 0 aromatic carbocycles. The van der Waals surface area contributed by atoms with Gasteiger partial charge in [-0.2, -0.15) is 0 Å². The molecule has 8 heteroatoms. The van der Waals surface area contributed by atoms with Gasteiger partial charge in [-0.05, 0) is 37.4 Å². The lowest BCUT2D eigenvalue weighted by Crippen LogP contribution is -2.44. The zero-order valence-electron chi connectivity index (χ0n) is 15.7. The molecule has 1 fully saturated rings. The van der Waals surface area contributed by atoms with Gasteiger partial charge in [0.25, 0.3) is 0 Å². The molecule has 0 unspecified atom stereocenters. The maximum atomic E-state index is 12.4. The zero-order valence-corrected chi connectivity index (χ0v) is 15.7. The van der Waals surface area contributed by atoms with Crippen molar-refractivity contribution in [3.8, 4) is 11.3 Å². The number of carbonyl (C=O) groups is 1. The number of nitrogens with one attached hydrogen (secondary N) is 1. The first-order valence-electron chi connectivity index (χ1n) is 9.34. The molecule has 27 heavy (non-hydrogen) atoms. The first-order valence-corrected chi connectivity index (χ1v) is 9.34. The Labute approximate surface area is 159 Å². The molecule has 3 rings (SSSR count). The Balaban J connectivity index is 1.46. The summed E-state index contributed by atoms with van der Waals surface area (Å²) in [6.07, 6.45) is 5.61. The molecule has 146 valence electrons. The molecule has 2 aromatic rings. The predicted octanol–water partition coefficient (Wildman–Crippen LogP) is 1.58. The SMILES string of the molecule is CN(Cc1cc(-c2ccncc2)no1)C(=O)NC[C@H]1CCCN(CCO)C1. The summed E-state index contributed by atoms with van der Waals surface area (Å²) in [6.45, 7) is 3.82. The number of pyridine rings is 1. The molecule has 0 saturated carbocycles. The molecular weight excluding hydrogens is 346 g/mol. The van der Waals surface area contributed by atoms with Gasteiger partial charge in [0.2, 0.25) is 0 Å². The minimum atomic E-state index is -0.129. The Morgan fingerprint density at radius 1 is 1.44 bits per heavy atom. The van der Waals surface area contributed by atoms with Gasteiger partial charge in [0, 0.05) is 50.7 Å². The third-order valence-electron chi connectivity index (χ3n) is 4.84. The molecule has 0 radical (unpaired) electrons. The number of piperidine rings is 1. The molecule has 1 aliphatic heterocycles. The Morgan fingerprint density at radius 3 is 3.04 bits per heavy atom. The number of nitrogens with zero attached hydrogens (tertiary/aromatic N) is 4. The third-order valence-corrected chi connectivity index (χ3v) is 4.84. The van der Waals surface area contributed by atoms with Crippen LogP contribution in [0.1, 0.15) is 18.6 Å². The second kappa shape index (κ2) is 9.48. The van der Waals surface area contributed by atoms with E-state index in [1.165, 1.54) is 0 Å². The van der Waals surface area contributed by atoms with Gasteiger partial charge in [-0.3, -0.25) is 4.98 Å². The molecule has 1 atom stereocenters. The van der Waals surface area contributed by atoms with Crippen molar-refractivity contribution in [2.75, 3.05) is 39.8 Å². The summed E-state index contributed by atoms with van der Waals surface area (Å²) in [7, 11) is 1.74. The highest BCUT2D eigenvalue weighted by Crippen LogP contribution is 2.19. The van der Waals surface area contributed by atoms with Crippen molar-refractivity contribution in [2.45, 2.75) is 19.4 Å². The Hall–Kier alpha value is -2.45. The number of likely N-dealkylation sites (tertiary alicyclic amines) is 1. The van der Waals surface area contributed by atoms with Gasteiger partial charge in [0.1, 0.15) is 5.69 Å². The van der Waals surface area contributed by atoms with E-state index in [2.05, 4.69) is 20.4 Å². The highest BCUT2D eigenvalue weighted by atomic mass is 16.5. The van der Waals surface area contributed by atoms with E-state index in [4.69, 9.17) is 9.63 Å². The second-order valence-corrected chi connectivity index (χ2v) is 6.99. The van der Waals surface area contributed by atoms with Crippen LogP contribution in [0.4, 0.5) is 4.79 Å². The lowest BCUT2D eigenvalue weighted by molar-refractivity contribution is 0.137. The van der Waals surface area contributed by atoms with Crippen LogP contribution in [0, 0.1) is 5.92 Å². The average Bonchev–Trinajstić information content (AvgIpc) is 3.16. The highest BCUT2D eigenvalue weighted by Gasteiger charge is 2.21. The summed E-state index contributed by atoms with van der Waals surface area (Å²) in [5.41, 5.74) is 1.66. The predicted molar refractivity (Wildman–Crippen MR) is 101 cm³/mol. The number of carbonyl (C=O) groups excluding carboxylic acids is 1. The fourth-order valence-electron chi connectivity index (χ4n) is 3.38. The number of amides is 2. The van der Waals surface area contributed by atoms with Crippen LogP contribution in [-0.2, 0) is 6.54 Å². The van der Waals surface area contributed by atoms with Crippen LogP contribution < -0.4 is 5.32 Å². The van der Waals surface area contributed by atoms with Gasteiger partial charge in [0.05, 0.1) is 13.2 Å². The van der Waals surface area contributed by atoms with Gasteiger partial charge in [0.15, 0.2) is 5.76 Å². The first kappa shape index (κ1) is 19.3. The van der Waals surface area contributed by atoms with Gasteiger partial charge >= 0.3 is 6.03 Å². The van der Waals surface area contributed by atoms with E-state index in [9.17, 15) is 4.79 Å². The molecule has 0 bridgehead atoms. The van der Waals surface area contributed by atoms with Gasteiger partial charge in [-0.1, -0.05) is 5.16 Å². The lowest BCUT2D eigenvalue weighted by atomic mass is 9.98. The maximum Gasteiger partial charge on any atom is 0.317 e. The topological polar surface area (TPSA) is 94.7 Å². The number of hydrogen-bond acceptors (Lipinski definition) is 6. The van der Waals surface area contributed by atoms with Crippen LogP contribution in [0.15, 0.2) is 35.1 Å². The average molecular weight is 373 g/mol. The Morgan fingerprint density at radius 2 is 2.26 bits per heavy atom. The second-order valence-electron chi connectivity index (χ2n) is 6.99. The van der Waals surface area contributed by atoms with E-state index in [1.807, 2.05) is 18.2 Å². The number of aliphatic hydroxyl groups is 1. The molecule has 0 aliphatic carbocycles. The standard InChI is InChI=1S/C19H27N5O3/c1-23(14-17-11-18(22-27-17)16-4-6-20-7-5-16)19(26)21-12-15-3-2-8-24(13-15)9-10-25/h4-7,11,15,25H,2-3,8-10,12-14H2,1H3,(H,21,26)/t15-/m1/s1. The number of aromatic nitrogens is 2. The molecule has 1 saturated heterocycles. The summed E-state index contributed by atoms with van der Waals surface area (Å²) in [6, 6.07) is 5.44. The van der Waals surface area contributed by atoms with E-state index in [-0.39, 0.29) is 12.6 Å². The van der Waals surface area contributed by atoms with E-state index in [0.717, 1.165) is 37.2 Å². The molecule has 1 aliphatic rings. The van der Waals surface area contributed by atoms with Crippen LogP contribution >= 0.6 is 0 Å². The fraction of sp³-hybridized carbons (Fsp3) is 0.526. The molecule has 3 heterocycles. The molecule has 2 N–H and O–H groups in total. The number of rotatable bonds is 7. The van der Waals surface area contributed by atoms with E-state index >= 15 is 0 Å². The third kappa shape index (κ3) is 5.51. The maximum absolute atomic E-state index is 12.4. The zero-order chi connectivity index (χ0) is 19.1. The molecule has 2 aromatic heterocycles. The normalized spacial score (nSPS) is 17.6. The first-order chi connectivity index (χ1) is 13.2. The minimum absolute atomic E-state index is 0.129. The van der Waals surface area contributed by atoms with Crippen molar-refractivity contribution >= 4 is 6.03 Å². The van der Waals surface area contributed by atoms with Crippen molar-refractivity contribution in [2.24, 2.45) is 5.92 Å². The lowest BCUT2D eigenvalue weighted by Gasteiger charge is -2.32. The molecular formula is C19H27N5O3. The largest absolute Gasteiger partial charge is 0.395 e. The Kier molecular flexibility index (Phi) is 6.78. The van der Waals surface area contributed by atoms with Gasteiger partial charge in [-0.25, -0.2) is 4.79 Å². The number of hydrogen-bond donors (Lipinski definition) is 2. The van der Waals surface area contributed by atoms with Crippen LogP contribution in [0.25, 0.3) is 11.3 Å². The summed E-state index contributed by atoms with van der Waals surface area (Å²) in [5.74, 6) is 1.05. The number of aliphatic hydroxyl groups excluding tert-OH is 1. The van der Waals surface area contributed by atoms with Crippen LogP contribution in [-0.4, -0.2) is 70.9 Å². The molecule has 0 spiro atoms. The van der Waals surface area contributed by atoms with E-state index in [0.29, 0.717) is 31.3 Å². The fourth-order valence-corrected chi connectivity index (χ4v) is 3.38. The van der Waals surface area contributed by atoms with Crippen molar-refractivity contribution in [3.05, 3.63) is 36.4 Å². The smallest absolute Gasteiger partial charge is 0.317 e. The van der Waals surface area contributed by atoms with Crippen LogP contribution in [0.3, 0.4) is 0 Å². The summed E-state index contributed by atoms with van der Waals surface area (Å²) in [5, 5.41) is 16.1. The van der Waals surface area contributed by atoms with Gasteiger partial charge in [-0.15, -0.1) is 0 Å². The van der Waals surface area contributed by atoms with Crippen molar-refractivity contribution in [3.63, 3.8) is 0 Å². The summed E-state index contributed by atoms with van der Waals surface area (Å²) >= 11 is 0. The summed E-state index contributed by atoms with van der Waals surface area (Å²) < 4.78 is 5.35. The number of β-amino-alcohol motifs (C(OH)–C–C–N with tert-alkyl or cyclic N) is 1. The minimum Gasteiger partial charge on any atom is -0.395 e. The molecule has 2 amide bonds. The van der Waals surface area contributed by atoms with Gasteiger partial charge < -0.3 is 24.7 Å². The molecule has 8 nitrogen and oxygen atoms in total. The quantitative estimate of drug-likeness (QED) is 0.765. The number of urea groups is 1. The van der Waals surface area contributed by atoms with E-state index in [1.54, 1.807) is 24.3 Å².